The summed E-state index contributed by atoms with van der Waals surface area (Å²) in [6, 6.07) is 7.74. The van der Waals surface area contributed by atoms with E-state index >= 15 is 0 Å². The fourth-order valence-electron chi connectivity index (χ4n) is 2.32. The summed E-state index contributed by atoms with van der Waals surface area (Å²) in [6.45, 7) is 4.25. The van der Waals surface area contributed by atoms with E-state index in [1.54, 1.807) is 17.4 Å². The quantitative estimate of drug-likeness (QED) is 0.242. The van der Waals surface area contributed by atoms with Crippen LogP contribution in [0.2, 0.25) is 5.02 Å². The van der Waals surface area contributed by atoms with Crippen molar-refractivity contribution in [2.75, 3.05) is 11.1 Å². The zero-order chi connectivity index (χ0) is 20.1. The number of amides is 1. The van der Waals surface area contributed by atoms with Gasteiger partial charge in [0.25, 0.3) is 5.69 Å². The van der Waals surface area contributed by atoms with Crippen molar-refractivity contribution >= 4 is 52.0 Å². The van der Waals surface area contributed by atoms with Crippen LogP contribution >= 0.6 is 34.7 Å². The van der Waals surface area contributed by atoms with Gasteiger partial charge >= 0.3 is 0 Å². The lowest BCUT2D eigenvalue weighted by Gasteiger charge is -2.08. The van der Waals surface area contributed by atoms with Gasteiger partial charge in [0.2, 0.25) is 5.91 Å². The topological polar surface area (TPSA) is 103 Å². The molecule has 2 aromatic heterocycles. The smallest absolute Gasteiger partial charge is 0.271 e. The Balaban J connectivity index is 1.71. The highest BCUT2D eigenvalue weighted by atomic mass is 35.5. The maximum atomic E-state index is 12.3. The molecule has 0 aliphatic heterocycles. The van der Waals surface area contributed by atoms with Crippen molar-refractivity contribution in [1.82, 2.24) is 14.8 Å². The number of aromatic nitrogens is 3. The number of nitro benzene ring substituents is 1. The lowest BCUT2D eigenvalue weighted by molar-refractivity contribution is -0.384. The molecule has 0 unspecified atom stereocenters. The van der Waals surface area contributed by atoms with Crippen LogP contribution in [0.4, 0.5) is 11.4 Å². The fourth-order valence-corrected chi connectivity index (χ4v) is 3.95. The first-order valence-electron chi connectivity index (χ1n) is 7.94. The van der Waals surface area contributed by atoms with Gasteiger partial charge in [-0.15, -0.1) is 28.1 Å². The molecular formula is C17H14ClN5O3S2. The summed E-state index contributed by atoms with van der Waals surface area (Å²) in [6.07, 6.45) is 1.73. The Morgan fingerprint density at radius 3 is 2.93 bits per heavy atom. The number of hydrogen-bond acceptors (Lipinski definition) is 7. The van der Waals surface area contributed by atoms with Crippen LogP contribution in [0.15, 0.2) is 53.5 Å². The number of thiophene rings is 1. The molecule has 8 nitrogen and oxygen atoms in total. The Bertz CT molecular complexity index is 1020. The second kappa shape index (κ2) is 9.00. The molecule has 0 spiro atoms. The summed E-state index contributed by atoms with van der Waals surface area (Å²) in [4.78, 5) is 23.6. The number of benzene rings is 1. The average molecular weight is 436 g/mol. The van der Waals surface area contributed by atoms with Crippen LogP contribution in [0.25, 0.3) is 10.7 Å². The molecule has 0 aliphatic rings. The van der Waals surface area contributed by atoms with E-state index in [1.165, 1.54) is 30.0 Å². The third-order valence-corrected chi connectivity index (χ3v) is 5.70. The van der Waals surface area contributed by atoms with Crippen molar-refractivity contribution in [3.8, 4) is 10.7 Å². The van der Waals surface area contributed by atoms with Gasteiger partial charge in [-0.3, -0.25) is 19.5 Å². The molecule has 1 aromatic carbocycles. The van der Waals surface area contributed by atoms with Gasteiger partial charge in [0.15, 0.2) is 11.0 Å². The number of nitrogens with one attached hydrogen (secondary N) is 1. The van der Waals surface area contributed by atoms with E-state index in [-0.39, 0.29) is 28.1 Å². The third kappa shape index (κ3) is 4.58. The lowest BCUT2D eigenvalue weighted by atomic mass is 10.3. The van der Waals surface area contributed by atoms with Crippen LogP contribution in [0.5, 0.6) is 0 Å². The molecule has 0 fully saturated rings. The summed E-state index contributed by atoms with van der Waals surface area (Å²) >= 11 is 8.76. The Hall–Kier alpha value is -2.69. The number of nitrogens with zero attached hydrogens (tertiary/aromatic N) is 4. The molecule has 3 aromatic rings. The molecule has 2 heterocycles. The predicted molar refractivity (Wildman–Crippen MR) is 111 cm³/mol. The van der Waals surface area contributed by atoms with E-state index in [2.05, 4.69) is 22.1 Å². The van der Waals surface area contributed by atoms with E-state index in [1.807, 2.05) is 22.1 Å². The summed E-state index contributed by atoms with van der Waals surface area (Å²) < 4.78 is 1.87. The Morgan fingerprint density at radius 2 is 2.25 bits per heavy atom. The Labute approximate surface area is 173 Å². The highest BCUT2D eigenvalue weighted by molar-refractivity contribution is 7.99. The van der Waals surface area contributed by atoms with Crippen LogP contribution in [0.1, 0.15) is 0 Å². The predicted octanol–water partition coefficient (Wildman–Crippen LogP) is 4.49. The monoisotopic (exact) mass is 435 g/mol. The number of carbonyl (C=O) groups excluding carboxylic acids is 1. The van der Waals surface area contributed by atoms with Crippen LogP contribution < -0.4 is 5.32 Å². The van der Waals surface area contributed by atoms with Gasteiger partial charge in [0.1, 0.15) is 0 Å². The first-order valence-corrected chi connectivity index (χ1v) is 10.2. The van der Waals surface area contributed by atoms with Gasteiger partial charge in [-0.25, -0.2) is 0 Å². The SMILES string of the molecule is C=CCn1c(SCC(=O)Nc2cc([N+](=O)[O-])ccc2Cl)nnc1-c1cccs1. The van der Waals surface area contributed by atoms with Crippen LogP contribution in [0, 0.1) is 10.1 Å². The minimum absolute atomic E-state index is 0.0404. The maximum absolute atomic E-state index is 12.3. The Kier molecular flexibility index (Phi) is 6.45. The maximum Gasteiger partial charge on any atom is 0.271 e. The minimum Gasteiger partial charge on any atom is -0.324 e. The van der Waals surface area contributed by atoms with Crippen molar-refractivity contribution in [3.05, 3.63) is 63.5 Å². The average Bonchev–Trinajstić information content (AvgIpc) is 3.32. The standard InChI is InChI=1S/C17H14ClN5O3S2/c1-2-7-22-16(14-4-3-8-27-14)20-21-17(22)28-10-15(24)19-13-9-11(23(25)26)5-6-12(13)18/h2-6,8-9H,1,7,10H2,(H,19,24). The number of allylic oxidation sites excluding steroid dienone is 1. The van der Waals surface area contributed by atoms with Gasteiger partial charge in [-0.2, -0.15) is 0 Å². The number of rotatable bonds is 8. The van der Waals surface area contributed by atoms with E-state index in [0.29, 0.717) is 17.5 Å². The van der Waals surface area contributed by atoms with E-state index < -0.39 is 4.92 Å². The summed E-state index contributed by atoms with van der Waals surface area (Å²) in [7, 11) is 0. The second-order valence-electron chi connectivity index (χ2n) is 5.44. The molecule has 28 heavy (non-hydrogen) atoms. The number of thioether (sulfide) groups is 1. The summed E-state index contributed by atoms with van der Waals surface area (Å²) in [5.41, 5.74) is 0.0342. The van der Waals surface area contributed by atoms with Gasteiger partial charge < -0.3 is 5.32 Å². The molecule has 144 valence electrons. The summed E-state index contributed by atoms with van der Waals surface area (Å²) in [5.74, 6) is 0.386. The van der Waals surface area contributed by atoms with Crippen molar-refractivity contribution in [1.29, 1.82) is 0 Å². The molecule has 0 aliphatic carbocycles. The van der Waals surface area contributed by atoms with E-state index in [0.717, 1.165) is 4.88 Å². The normalized spacial score (nSPS) is 10.6. The minimum atomic E-state index is -0.551. The highest BCUT2D eigenvalue weighted by Crippen LogP contribution is 2.29. The van der Waals surface area contributed by atoms with Crippen molar-refractivity contribution in [3.63, 3.8) is 0 Å². The number of hydrogen-bond donors (Lipinski definition) is 1. The van der Waals surface area contributed by atoms with Gasteiger partial charge in [-0.1, -0.05) is 35.5 Å². The molecule has 0 radical (unpaired) electrons. The molecule has 0 saturated carbocycles. The largest absolute Gasteiger partial charge is 0.324 e. The number of carbonyl (C=O) groups is 1. The number of halogens is 1. The van der Waals surface area contributed by atoms with Gasteiger partial charge in [0.05, 0.1) is 26.3 Å². The third-order valence-electron chi connectivity index (χ3n) is 3.54. The first kappa shape index (κ1) is 20.1. The highest BCUT2D eigenvalue weighted by Gasteiger charge is 2.17. The molecule has 0 saturated heterocycles. The molecule has 11 heteroatoms. The first-order chi connectivity index (χ1) is 13.5. The summed E-state index contributed by atoms with van der Waals surface area (Å²) in [5, 5.41) is 24.6. The van der Waals surface area contributed by atoms with Crippen LogP contribution in [0.3, 0.4) is 0 Å². The van der Waals surface area contributed by atoms with Crippen molar-refractivity contribution < 1.29 is 9.72 Å². The molecule has 0 atom stereocenters. The van der Waals surface area contributed by atoms with Crippen molar-refractivity contribution in [2.24, 2.45) is 0 Å². The molecule has 3 rings (SSSR count). The zero-order valence-electron chi connectivity index (χ0n) is 14.4. The van der Waals surface area contributed by atoms with Crippen molar-refractivity contribution in [2.45, 2.75) is 11.7 Å². The number of anilines is 1. The molecule has 0 bridgehead atoms. The van der Waals surface area contributed by atoms with Gasteiger partial charge in [0, 0.05) is 18.7 Å². The number of nitro groups is 1. The van der Waals surface area contributed by atoms with Gasteiger partial charge in [-0.05, 0) is 17.5 Å². The molecule has 1 N–H and O–H groups in total. The molecular weight excluding hydrogens is 422 g/mol. The zero-order valence-corrected chi connectivity index (χ0v) is 16.8. The fraction of sp³-hybridized carbons (Fsp3) is 0.118. The lowest BCUT2D eigenvalue weighted by Crippen LogP contribution is -2.15. The Morgan fingerprint density at radius 1 is 1.43 bits per heavy atom. The molecule has 1 amide bonds. The van der Waals surface area contributed by atoms with E-state index in [4.69, 9.17) is 11.6 Å². The second-order valence-corrected chi connectivity index (χ2v) is 7.74. The van der Waals surface area contributed by atoms with E-state index in [9.17, 15) is 14.9 Å². The number of non-ortho nitro benzene ring substituents is 1. The van der Waals surface area contributed by atoms with Crippen LogP contribution in [-0.2, 0) is 11.3 Å². The van der Waals surface area contributed by atoms with Crippen LogP contribution in [-0.4, -0.2) is 31.3 Å².